The van der Waals surface area contributed by atoms with Gasteiger partial charge in [0.1, 0.15) is 5.82 Å². The zero-order chi connectivity index (χ0) is 13.4. The summed E-state index contributed by atoms with van der Waals surface area (Å²) < 4.78 is 12.8. The van der Waals surface area contributed by atoms with Crippen LogP contribution in [0.25, 0.3) is 5.32 Å². The van der Waals surface area contributed by atoms with Crippen molar-refractivity contribution in [2.45, 2.75) is 25.8 Å². The molecule has 1 aliphatic heterocycles. The van der Waals surface area contributed by atoms with Crippen molar-refractivity contribution in [2.75, 3.05) is 6.54 Å². The molecule has 1 atom stereocenters. The Morgan fingerprint density at radius 3 is 2.78 bits per heavy atom. The summed E-state index contributed by atoms with van der Waals surface area (Å²) in [5, 5.41) is 4.37. The van der Waals surface area contributed by atoms with Gasteiger partial charge in [0.15, 0.2) is 0 Å². The number of benzene rings is 1. The quantitative estimate of drug-likeness (QED) is 0.469. The second-order valence-electron chi connectivity index (χ2n) is 3.87. The van der Waals surface area contributed by atoms with Crippen LogP contribution >= 0.6 is 28.5 Å². The van der Waals surface area contributed by atoms with Crippen LogP contribution in [0.4, 0.5) is 10.1 Å². The standard InChI is InChI=1S/C12H14FN2.2BrH.Ni/c1-9-7-10(13)4-5-12(9)15-8-11-3-2-6-14-11;;;/h4-5,7-8,11H,2-3,6H2,1H3;2*1H;/q-1;;;+3/p-2. The summed E-state index contributed by atoms with van der Waals surface area (Å²) in [6.45, 7) is 2.81. The van der Waals surface area contributed by atoms with Crippen LogP contribution in [0, 0.1) is 12.7 Å². The average molecular weight is 424 g/mol. The van der Waals surface area contributed by atoms with Gasteiger partial charge in [0, 0.05) is 0 Å². The van der Waals surface area contributed by atoms with Crippen LogP contribution in [-0.2, 0) is 10.9 Å². The molecule has 1 fully saturated rings. The van der Waals surface area contributed by atoms with Gasteiger partial charge in [-0.05, 0) is 36.9 Å². The van der Waals surface area contributed by atoms with Gasteiger partial charge < -0.3 is 5.32 Å². The summed E-state index contributed by atoms with van der Waals surface area (Å²) in [5.41, 5.74) is 1.70. The van der Waals surface area contributed by atoms with E-state index in [2.05, 4.69) is 38.8 Å². The Kier molecular flexibility index (Phi) is 8.31. The number of aliphatic imine (C=N–C) groups is 1. The molecule has 1 aromatic rings. The summed E-state index contributed by atoms with van der Waals surface area (Å²) in [6.07, 6.45) is 4.11. The predicted octanol–water partition coefficient (Wildman–Crippen LogP) is 5.06. The molecular weight excluding hydrogens is 410 g/mol. The van der Waals surface area contributed by atoms with E-state index in [0.717, 1.165) is 30.6 Å². The van der Waals surface area contributed by atoms with E-state index >= 15 is 0 Å². The van der Waals surface area contributed by atoms with Crippen molar-refractivity contribution >= 4 is 40.4 Å². The van der Waals surface area contributed by atoms with Gasteiger partial charge in [-0.15, -0.1) is 6.54 Å². The molecular formula is C12H14Br2FN2Ni. The van der Waals surface area contributed by atoms with Crippen LogP contribution in [0.5, 0.6) is 0 Å². The van der Waals surface area contributed by atoms with Crippen LogP contribution in [0.1, 0.15) is 18.4 Å². The normalized spacial score (nSPS) is 19.0. The molecule has 0 saturated carbocycles. The maximum atomic E-state index is 12.8. The number of rotatable bonds is 2. The molecule has 18 heavy (non-hydrogen) atoms. The van der Waals surface area contributed by atoms with Crippen molar-refractivity contribution < 1.29 is 15.3 Å². The molecule has 6 heteroatoms. The number of aryl methyl sites for hydroxylation is 1. The van der Waals surface area contributed by atoms with Gasteiger partial charge in [0.25, 0.3) is 0 Å². The summed E-state index contributed by atoms with van der Waals surface area (Å²) in [4.78, 5) is 4.34. The van der Waals surface area contributed by atoms with Gasteiger partial charge in [-0.25, -0.2) is 4.39 Å². The molecule has 0 radical (unpaired) electrons. The third-order valence-corrected chi connectivity index (χ3v) is 2.57. The first-order valence-electron chi connectivity index (χ1n) is 5.46. The summed E-state index contributed by atoms with van der Waals surface area (Å²) in [7, 11) is 1.25. The fraction of sp³-hybridized carbons (Fsp3) is 0.417. The minimum absolute atomic E-state index is 0.211. The van der Waals surface area contributed by atoms with Gasteiger partial charge >= 0.3 is 39.3 Å². The molecule has 0 aliphatic carbocycles. The van der Waals surface area contributed by atoms with Crippen molar-refractivity contribution in [2.24, 2.45) is 4.99 Å². The Morgan fingerprint density at radius 1 is 1.50 bits per heavy atom. The maximum absolute atomic E-state index is 12.8. The molecule has 2 rings (SSSR count). The van der Waals surface area contributed by atoms with Crippen LogP contribution in [0.15, 0.2) is 23.2 Å². The SMILES string of the molecule is Cc1cc(F)ccc1N=CC1CCC[N-]1.[Br][Ni+][Br]. The molecule has 0 amide bonds. The molecule has 0 N–H and O–H groups in total. The number of nitrogens with zero attached hydrogens (tertiary/aromatic N) is 2. The van der Waals surface area contributed by atoms with E-state index in [-0.39, 0.29) is 11.9 Å². The van der Waals surface area contributed by atoms with Crippen molar-refractivity contribution in [3.8, 4) is 0 Å². The Balaban J connectivity index is 0.000000492. The molecule has 2 nitrogen and oxygen atoms in total. The molecule has 1 heterocycles. The fourth-order valence-corrected chi connectivity index (χ4v) is 1.70. The molecule has 0 spiro atoms. The third kappa shape index (κ3) is 5.92. The first-order valence-corrected chi connectivity index (χ1v) is 10.3. The molecule has 1 saturated heterocycles. The molecule has 1 unspecified atom stereocenters. The van der Waals surface area contributed by atoms with E-state index in [1.165, 1.54) is 23.0 Å². The van der Waals surface area contributed by atoms with E-state index in [9.17, 15) is 4.39 Å². The number of hydrogen-bond donors (Lipinski definition) is 0. The zero-order valence-electron chi connectivity index (χ0n) is 9.85. The number of hydrogen-bond acceptors (Lipinski definition) is 1. The molecule has 103 valence electrons. The van der Waals surface area contributed by atoms with Crippen molar-refractivity contribution in [3.63, 3.8) is 0 Å². The van der Waals surface area contributed by atoms with Gasteiger partial charge in [-0.3, -0.25) is 4.99 Å². The van der Waals surface area contributed by atoms with E-state index in [0.29, 0.717) is 0 Å². The Labute approximate surface area is 127 Å². The Hall–Kier alpha value is 0.234. The van der Waals surface area contributed by atoms with E-state index in [4.69, 9.17) is 0 Å². The molecule has 0 bridgehead atoms. The third-order valence-electron chi connectivity index (χ3n) is 2.57. The molecule has 1 aromatic carbocycles. The van der Waals surface area contributed by atoms with Gasteiger partial charge in [-0.1, -0.05) is 18.9 Å². The van der Waals surface area contributed by atoms with Crippen molar-refractivity contribution in [1.82, 2.24) is 0 Å². The van der Waals surface area contributed by atoms with Crippen LogP contribution in [-0.4, -0.2) is 18.8 Å². The summed E-state index contributed by atoms with van der Waals surface area (Å²) >= 11 is 6.00. The predicted molar refractivity (Wildman–Crippen MR) is 78.4 cm³/mol. The Morgan fingerprint density at radius 2 is 2.22 bits per heavy atom. The van der Waals surface area contributed by atoms with Crippen LogP contribution in [0.2, 0.25) is 0 Å². The fourth-order valence-electron chi connectivity index (χ4n) is 1.70. The molecule has 0 aromatic heterocycles. The first-order chi connectivity index (χ1) is 8.67. The van der Waals surface area contributed by atoms with Gasteiger partial charge in [0.2, 0.25) is 0 Å². The summed E-state index contributed by atoms with van der Waals surface area (Å²) in [5.74, 6) is -0.211. The van der Waals surface area contributed by atoms with Gasteiger partial charge in [-0.2, -0.15) is 0 Å². The number of halogens is 3. The monoisotopic (exact) mass is 421 g/mol. The minimum atomic E-state index is -0.211. The Bertz CT molecular complexity index is 396. The second kappa shape index (κ2) is 9.19. The van der Waals surface area contributed by atoms with E-state index in [1.54, 1.807) is 6.07 Å². The van der Waals surface area contributed by atoms with Gasteiger partial charge in [0.05, 0.1) is 5.69 Å². The topological polar surface area (TPSA) is 26.5 Å². The van der Waals surface area contributed by atoms with Crippen LogP contribution in [0.3, 0.4) is 0 Å². The van der Waals surface area contributed by atoms with E-state index < -0.39 is 0 Å². The second-order valence-corrected chi connectivity index (χ2v) is 8.85. The molecule has 1 aliphatic rings. The zero-order valence-corrected chi connectivity index (χ0v) is 14.0. The van der Waals surface area contributed by atoms with Crippen molar-refractivity contribution in [1.29, 1.82) is 0 Å². The first kappa shape index (κ1) is 16.3. The van der Waals surface area contributed by atoms with E-state index in [1.807, 2.05) is 13.1 Å². The van der Waals surface area contributed by atoms with Crippen LogP contribution < -0.4 is 0 Å². The average Bonchev–Trinajstić information content (AvgIpc) is 2.82. The van der Waals surface area contributed by atoms with Crippen molar-refractivity contribution in [3.05, 3.63) is 34.9 Å². The summed E-state index contributed by atoms with van der Waals surface area (Å²) in [6, 6.07) is 4.90.